The first-order valence-electron chi connectivity index (χ1n) is 9.50. The van der Waals surface area contributed by atoms with Gasteiger partial charge in [0.15, 0.2) is 11.5 Å². The molecule has 148 valence electrons. The van der Waals surface area contributed by atoms with Crippen molar-refractivity contribution in [2.75, 3.05) is 32.8 Å². The first kappa shape index (κ1) is 19.0. The van der Waals surface area contributed by atoms with Gasteiger partial charge in [-0.2, -0.15) is 0 Å². The number of benzene rings is 2. The number of nitrogens with one attached hydrogen (secondary N) is 1. The van der Waals surface area contributed by atoms with Gasteiger partial charge in [0, 0.05) is 17.1 Å². The summed E-state index contributed by atoms with van der Waals surface area (Å²) in [6, 6.07) is 9.59. The lowest BCUT2D eigenvalue weighted by atomic mass is 10.0. The first-order valence-corrected chi connectivity index (χ1v) is 9.87. The van der Waals surface area contributed by atoms with E-state index in [2.05, 4.69) is 10.2 Å². The number of carbonyl (C=O) groups excluding carboxylic acids is 1. The summed E-state index contributed by atoms with van der Waals surface area (Å²) >= 11 is 6.31. The van der Waals surface area contributed by atoms with Gasteiger partial charge in [-0.3, -0.25) is 9.69 Å². The van der Waals surface area contributed by atoms with Crippen LogP contribution in [0.4, 0.5) is 4.39 Å². The normalized spacial score (nSPS) is 17.4. The van der Waals surface area contributed by atoms with Crippen LogP contribution in [0.3, 0.4) is 0 Å². The van der Waals surface area contributed by atoms with E-state index < -0.39 is 0 Å². The highest BCUT2D eigenvalue weighted by Gasteiger charge is 2.29. The van der Waals surface area contributed by atoms with E-state index in [0.29, 0.717) is 40.9 Å². The Balaban J connectivity index is 1.56. The molecule has 1 atom stereocenters. The summed E-state index contributed by atoms with van der Waals surface area (Å²) in [4.78, 5) is 15.0. The first-order chi connectivity index (χ1) is 13.6. The summed E-state index contributed by atoms with van der Waals surface area (Å²) in [5, 5.41) is 3.31. The van der Waals surface area contributed by atoms with Crippen LogP contribution < -0.4 is 14.8 Å². The van der Waals surface area contributed by atoms with Crippen LogP contribution in [0.5, 0.6) is 11.5 Å². The summed E-state index contributed by atoms with van der Waals surface area (Å²) in [6.45, 7) is 2.81. The number of ether oxygens (including phenoxy) is 2. The number of hydrogen-bond donors (Lipinski definition) is 1. The van der Waals surface area contributed by atoms with Crippen molar-refractivity contribution in [2.45, 2.75) is 18.9 Å². The van der Waals surface area contributed by atoms with Crippen LogP contribution >= 0.6 is 11.6 Å². The number of rotatable bonds is 5. The molecule has 5 nitrogen and oxygen atoms in total. The summed E-state index contributed by atoms with van der Waals surface area (Å²) in [5.74, 6) is 0.381. The molecule has 1 N–H and O–H groups in total. The average molecular weight is 405 g/mol. The van der Waals surface area contributed by atoms with Gasteiger partial charge in [0.05, 0.1) is 11.6 Å². The topological polar surface area (TPSA) is 50.8 Å². The summed E-state index contributed by atoms with van der Waals surface area (Å²) in [6.07, 6.45) is 2.10. The standard InChI is InChI=1S/C21H22ClFN2O3/c22-15-6-4-7-16(23)19(15)17(25-9-1-2-10-25)13-24-21(26)14-5-3-8-18-20(14)28-12-11-27-18/h3-8,17H,1-2,9-13H2,(H,24,26). The minimum Gasteiger partial charge on any atom is -0.486 e. The van der Waals surface area contributed by atoms with Crippen molar-refractivity contribution in [1.29, 1.82) is 0 Å². The van der Waals surface area contributed by atoms with Crippen molar-refractivity contribution >= 4 is 17.5 Å². The number of likely N-dealkylation sites (tertiary alicyclic amines) is 1. The fourth-order valence-corrected chi connectivity index (χ4v) is 4.12. The fourth-order valence-electron chi connectivity index (χ4n) is 3.83. The highest BCUT2D eigenvalue weighted by molar-refractivity contribution is 6.31. The molecule has 4 rings (SSSR count). The number of amides is 1. The molecule has 7 heteroatoms. The maximum Gasteiger partial charge on any atom is 0.255 e. The zero-order valence-electron chi connectivity index (χ0n) is 15.4. The Morgan fingerprint density at radius 1 is 1.14 bits per heavy atom. The van der Waals surface area contributed by atoms with Crippen molar-refractivity contribution in [1.82, 2.24) is 10.2 Å². The molecule has 28 heavy (non-hydrogen) atoms. The molecule has 2 aliphatic heterocycles. The SMILES string of the molecule is O=C(NCC(c1c(F)cccc1Cl)N1CCCC1)c1cccc2c1OCCO2. The van der Waals surface area contributed by atoms with E-state index in [1.807, 2.05) is 0 Å². The van der Waals surface area contributed by atoms with Gasteiger partial charge in [0.1, 0.15) is 19.0 Å². The Labute approximate surface area is 168 Å². The zero-order valence-corrected chi connectivity index (χ0v) is 16.2. The second-order valence-corrected chi connectivity index (χ2v) is 7.34. The third-order valence-electron chi connectivity index (χ3n) is 5.18. The van der Waals surface area contributed by atoms with Gasteiger partial charge in [-0.25, -0.2) is 4.39 Å². The van der Waals surface area contributed by atoms with Gasteiger partial charge in [-0.05, 0) is 50.2 Å². The maximum absolute atomic E-state index is 14.6. The minimum absolute atomic E-state index is 0.254. The largest absolute Gasteiger partial charge is 0.486 e. The molecule has 1 saturated heterocycles. The number of halogens is 2. The van der Waals surface area contributed by atoms with Gasteiger partial charge in [-0.15, -0.1) is 0 Å². The van der Waals surface area contributed by atoms with Gasteiger partial charge in [0.25, 0.3) is 5.91 Å². The monoisotopic (exact) mass is 404 g/mol. The molecule has 0 saturated carbocycles. The Morgan fingerprint density at radius 3 is 2.68 bits per heavy atom. The van der Waals surface area contributed by atoms with Crippen LogP contribution in [0.1, 0.15) is 34.8 Å². The Bertz CT molecular complexity index is 850. The number of fused-ring (bicyclic) bond motifs is 1. The molecule has 2 heterocycles. The molecule has 2 aromatic carbocycles. The lowest BCUT2D eigenvalue weighted by Crippen LogP contribution is -2.37. The van der Waals surface area contributed by atoms with E-state index in [1.54, 1.807) is 30.3 Å². The predicted molar refractivity (Wildman–Crippen MR) is 105 cm³/mol. The second kappa shape index (κ2) is 8.37. The van der Waals surface area contributed by atoms with Crippen LogP contribution in [-0.2, 0) is 0 Å². The van der Waals surface area contributed by atoms with E-state index in [1.165, 1.54) is 6.07 Å². The molecule has 0 spiro atoms. The number of para-hydroxylation sites is 1. The van der Waals surface area contributed by atoms with Gasteiger partial charge in [-0.1, -0.05) is 23.7 Å². The van der Waals surface area contributed by atoms with Gasteiger partial charge < -0.3 is 14.8 Å². The van der Waals surface area contributed by atoms with E-state index in [-0.39, 0.29) is 24.3 Å². The number of nitrogens with zero attached hydrogens (tertiary/aromatic N) is 1. The molecule has 1 unspecified atom stereocenters. The average Bonchev–Trinajstić information content (AvgIpc) is 3.24. The van der Waals surface area contributed by atoms with Gasteiger partial charge in [0.2, 0.25) is 0 Å². The third kappa shape index (κ3) is 3.80. The van der Waals surface area contributed by atoms with E-state index in [0.717, 1.165) is 25.9 Å². The smallest absolute Gasteiger partial charge is 0.255 e. The molecule has 2 aromatic rings. The molecule has 1 amide bonds. The minimum atomic E-state index is -0.354. The molecular weight excluding hydrogens is 383 g/mol. The summed E-state index contributed by atoms with van der Waals surface area (Å²) in [7, 11) is 0. The fraction of sp³-hybridized carbons (Fsp3) is 0.381. The molecule has 0 aliphatic carbocycles. The number of hydrogen-bond acceptors (Lipinski definition) is 4. The zero-order chi connectivity index (χ0) is 19.5. The Morgan fingerprint density at radius 2 is 1.89 bits per heavy atom. The van der Waals surface area contributed by atoms with E-state index >= 15 is 0 Å². The van der Waals surface area contributed by atoms with E-state index in [4.69, 9.17) is 21.1 Å². The molecule has 0 bridgehead atoms. The van der Waals surface area contributed by atoms with Crippen molar-refractivity contribution in [3.8, 4) is 11.5 Å². The number of carbonyl (C=O) groups is 1. The van der Waals surface area contributed by atoms with Crippen molar-refractivity contribution in [2.24, 2.45) is 0 Å². The maximum atomic E-state index is 14.6. The van der Waals surface area contributed by atoms with Crippen molar-refractivity contribution in [3.05, 3.63) is 58.4 Å². The predicted octanol–water partition coefficient (Wildman–Crippen LogP) is 3.82. The van der Waals surface area contributed by atoms with Crippen molar-refractivity contribution in [3.63, 3.8) is 0 Å². The van der Waals surface area contributed by atoms with Crippen LogP contribution in [0.25, 0.3) is 0 Å². The Kier molecular flexibility index (Phi) is 5.69. The molecule has 0 radical (unpaired) electrons. The van der Waals surface area contributed by atoms with Crippen LogP contribution in [0.15, 0.2) is 36.4 Å². The van der Waals surface area contributed by atoms with Crippen LogP contribution in [0, 0.1) is 5.82 Å². The molecular formula is C21H22ClFN2O3. The summed E-state index contributed by atoms with van der Waals surface area (Å²) in [5.41, 5.74) is 0.845. The molecule has 2 aliphatic rings. The third-order valence-corrected chi connectivity index (χ3v) is 5.51. The van der Waals surface area contributed by atoms with Gasteiger partial charge >= 0.3 is 0 Å². The van der Waals surface area contributed by atoms with E-state index in [9.17, 15) is 9.18 Å². The van der Waals surface area contributed by atoms with Crippen molar-refractivity contribution < 1.29 is 18.7 Å². The lowest BCUT2D eigenvalue weighted by Gasteiger charge is -2.29. The van der Waals surface area contributed by atoms with Crippen LogP contribution in [-0.4, -0.2) is 43.7 Å². The quantitative estimate of drug-likeness (QED) is 0.823. The summed E-state index contributed by atoms with van der Waals surface area (Å²) < 4.78 is 25.7. The van der Waals surface area contributed by atoms with Crippen LogP contribution in [0.2, 0.25) is 5.02 Å². The Hall–Kier alpha value is -2.31. The molecule has 0 aromatic heterocycles. The highest BCUT2D eigenvalue weighted by Crippen LogP contribution is 2.34. The molecule has 1 fully saturated rings. The second-order valence-electron chi connectivity index (χ2n) is 6.93. The lowest BCUT2D eigenvalue weighted by molar-refractivity contribution is 0.0926. The highest BCUT2D eigenvalue weighted by atomic mass is 35.5.